The summed E-state index contributed by atoms with van der Waals surface area (Å²) in [6.07, 6.45) is 1.84. The molecule has 0 unspecified atom stereocenters. The van der Waals surface area contributed by atoms with E-state index in [1.807, 2.05) is 91.0 Å². The summed E-state index contributed by atoms with van der Waals surface area (Å²) in [6.45, 7) is 0.893. The van der Waals surface area contributed by atoms with E-state index in [1.165, 1.54) is 0 Å². The second-order valence-electron chi connectivity index (χ2n) is 8.66. The van der Waals surface area contributed by atoms with Crippen molar-refractivity contribution in [1.82, 2.24) is 10.2 Å². The first-order valence-electron chi connectivity index (χ1n) is 11.9. The third-order valence-corrected chi connectivity index (χ3v) is 6.24. The summed E-state index contributed by atoms with van der Waals surface area (Å²) in [5, 5.41) is 2.89. The monoisotopic (exact) mass is 469 g/mol. The average molecular weight is 470 g/mol. The van der Waals surface area contributed by atoms with Crippen LogP contribution in [0.4, 0.5) is 0 Å². The number of amides is 2. The van der Waals surface area contributed by atoms with Crippen molar-refractivity contribution >= 4 is 17.8 Å². The standard InChI is InChI=1S/C28H31N5O2/c29-24(20-21-12-4-1-5-13-21)25(34)31-18-10-11-19-33-26(35)28(32-27(33)30,22-14-6-2-7-15-22)23-16-8-3-9-17-23/h1-9,12-17,24H,10-11,18-20,29H2,(H2,30,32)(H,31,34)/t24-/m0/s1. The highest BCUT2D eigenvalue weighted by atomic mass is 16.2. The van der Waals surface area contributed by atoms with Gasteiger partial charge in [-0.25, -0.2) is 4.99 Å². The lowest BCUT2D eigenvalue weighted by Gasteiger charge is -2.27. The number of unbranched alkanes of at least 4 members (excludes halogenated alkanes) is 1. The van der Waals surface area contributed by atoms with Crippen molar-refractivity contribution in [1.29, 1.82) is 0 Å². The van der Waals surface area contributed by atoms with Crippen LogP contribution in [0.5, 0.6) is 0 Å². The van der Waals surface area contributed by atoms with Crippen molar-refractivity contribution < 1.29 is 9.59 Å². The van der Waals surface area contributed by atoms with Gasteiger partial charge in [-0.15, -0.1) is 0 Å². The molecule has 0 saturated carbocycles. The maximum absolute atomic E-state index is 13.7. The summed E-state index contributed by atoms with van der Waals surface area (Å²) < 4.78 is 0. The van der Waals surface area contributed by atoms with E-state index in [2.05, 4.69) is 5.32 Å². The van der Waals surface area contributed by atoms with E-state index in [1.54, 1.807) is 4.90 Å². The summed E-state index contributed by atoms with van der Waals surface area (Å²) in [5.41, 5.74) is 13.7. The van der Waals surface area contributed by atoms with Gasteiger partial charge in [-0.3, -0.25) is 14.5 Å². The third kappa shape index (κ3) is 5.25. The fourth-order valence-corrected chi connectivity index (χ4v) is 4.40. The van der Waals surface area contributed by atoms with Gasteiger partial charge in [0.15, 0.2) is 11.5 Å². The summed E-state index contributed by atoms with van der Waals surface area (Å²) in [6, 6.07) is 28.1. The Labute approximate surface area is 205 Å². The first kappa shape index (κ1) is 24.2. The average Bonchev–Trinajstić information content (AvgIpc) is 3.15. The molecular weight excluding hydrogens is 438 g/mol. The number of benzene rings is 3. The molecular formula is C28H31N5O2. The molecule has 1 heterocycles. The van der Waals surface area contributed by atoms with Crippen molar-refractivity contribution in [3.8, 4) is 0 Å². The summed E-state index contributed by atoms with van der Waals surface area (Å²) in [5.74, 6) is -0.141. The molecule has 0 spiro atoms. The van der Waals surface area contributed by atoms with Crippen LogP contribution in [0.15, 0.2) is 96.0 Å². The molecule has 0 aromatic heterocycles. The molecule has 2 amide bonds. The van der Waals surface area contributed by atoms with Gasteiger partial charge in [-0.2, -0.15) is 0 Å². The van der Waals surface area contributed by atoms with Gasteiger partial charge in [0.1, 0.15) is 0 Å². The van der Waals surface area contributed by atoms with Gasteiger partial charge < -0.3 is 16.8 Å². The first-order valence-corrected chi connectivity index (χ1v) is 11.9. The number of guanidine groups is 1. The van der Waals surface area contributed by atoms with Gasteiger partial charge in [0.05, 0.1) is 6.04 Å². The summed E-state index contributed by atoms with van der Waals surface area (Å²) >= 11 is 0. The van der Waals surface area contributed by atoms with Crippen molar-refractivity contribution in [3.05, 3.63) is 108 Å². The predicted octanol–water partition coefficient (Wildman–Crippen LogP) is 2.55. The van der Waals surface area contributed by atoms with Gasteiger partial charge in [-0.05, 0) is 36.0 Å². The minimum absolute atomic E-state index is 0.165. The Hall–Kier alpha value is -3.97. The van der Waals surface area contributed by atoms with E-state index in [4.69, 9.17) is 16.5 Å². The molecule has 7 heteroatoms. The van der Waals surface area contributed by atoms with Crippen molar-refractivity contribution in [2.24, 2.45) is 16.5 Å². The second kappa shape index (κ2) is 11.0. The first-order chi connectivity index (χ1) is 17.0. The lowest BCUT2D eigenvalue weighted by Crippen LogP contribution is -2.44. The van der Waals surface area contributed by atoms with Crippen LogP contribution in [0.2, 0.25) is 0 Å². The molecule has 35 heavy (non-hydrogen) atoms. The maximum Gasteiger partial charge on any atom is 0.266 e. The number of hydrogen-bond acceptors (Lipinski definition) is 5. The highest BCUT2D eigenvalue weighted by Gasteiger charge is 2.50. The van der Waals surface area contributed by atoms with E-state index < -0.39 is 11.6 Å². The molecule has 7 nitrogen and oxygen atoms in total. The smallest absolute Gasteiger partial charge is 0.266 e. The molecule has 0 radical (unpaired) electrons. The molecule has 1 aliphatic heterocycles. The second-order valence-corrected chi connectivity index (χ2v) is 8.66. The minimum atomic E-state index is -1.19. The molecule has 5 N–H and O–H groups in total. The molecule has 4 rings (SSSR count). The quantitative estimate of drug-likeness (QED) is 0.396. The van der Waals surface area contributed by atoms with Crippen LogP contribution >= 0.6 is 0 Å². The van der Waals surface area contributed by atoms with Gasteiger partial charge in [0.2, 0.25) is 5.91 Å². The van der Waals surface area contributed by atoms with E-state index in [0.29, 0.717) is 32.4 Å². The molecule has 180 valence electrons. The van der Waals surface area contributed by atoms with Gasteiger partial charge in [-0.1, -0.05) is 91.0 Å². The van der Waals surface area contributed by atoms with E-state index in [0.717, 1.165) is 16.7 Å². The lowest BCUT2D eigenvalue weighted by atomic mass is 9.83. The van der Waals surface area contributed by atoms with Crippen LogP contribution in [0.25, 0.3) is 0 Å². The van der Waals surface area contributed by atoms with Gasteiger partial charge in [0, 0.05) is 13.1 Å². The Kier molecular flexibility index (Phi) is 7.57. The molecule has 0 saturated heterocycles. The number of carbonyl (C=O) groups excluding carboxylic acids is 2. The zero-order chi connectivity index (χ0) is 24.7. The normalized spacial score (nSPS) is 15.5. The Bertz CT molecular complexity index is 1130. The molecule has 1 aliphatic rings. The predicted molar refractivity (Wildman–Crippen MR) is 137 cm³/mol. The van der Waals surface area contributed by atoms with E-state index in [9.17, 15) is 9.59 Å². The van der Waals surface area contributed by atoms with Gasteiger partial charge >= 0.3 is 0 Å². The molecule has 0 fully saturated rings. The number of nitrogens with zero attached hydrogens (tertiary/aromatic N) is 2. The highest BCUT2D eigenvalue weighted by Crippen LogP contribution is 2.39. The van der Waals surface area contributed by atoms with Crippen LogP contribution in [0.3, 0.4) is 0 Å². The molecule has 0 bridgehead atoms. The number of carbonyl (C=O) groups is 2. The Morgan fingerprint density at radius 3 is 2.00 bits per heavy atom. The van der Waals surface area contributed by atoms with Crippen molar-refractivity contribution in [2.45, 2.75) is 30.8 Å². The highest BCUT2D eigenvalue weighted by molar-refractivity contribution is 6.09. The van der Waals surface area contributed by atoms with Crippen LogP contribution in [0.1, 0.15) is 29.5 Å². The molecule has 0 aliphatic carbocycles. The zero-order valence-electron chi connectivity index (χ0n) is 19.6. The summed E-state index contributed by atoms with van der Waals surface area (Å²) in [4.78, 5) is 32.3. The van der Waals surface area contributed by atoms with Crippen LogP contribution in [0, 0.1) is 0 Å². The Morgan fingerprint density at radius 2 is 1.43 bits per heavy atom. The lowest BCUT2D eigenvalue weighted by molar-refractivity contribution is -0.130. The molecule has 1 atom stereocenters. The van der Waals surface area contributed by atoms with Crippen LogP contribution in [-0.2, 0) is 21.5 Å². The fraction of sp³-hybridized carbons (Fsp3) is 0.250. The summed E-state index contributed by atoms with van der Waals surface area (Å²) in [7, 11) is 0. The van der Waals surface area contributed by atoms with E-state index in [-0.39, 0.29) is 17.8 Å². The van der Waals surface area contributed by atoms with Crippen molar-refractivity contribution in [2.75, 3.05) is 13.1 Å². The van der Waals surface area contributed by atoms with Crippen molar-refractivity contribution in [3.63, 3.8) is 0 Å². The maximum atomic E-state index is 13.7. The molecule has 3 aromatic carbocycles. The number of aliphatic imine (C=N–C) groups is 1. The largest absolute Gasteiger partial charge is 0.369 e. The molecule has 3 aromatic rings. The minimum Gasteiger partial charge on any atom is -0.369 e. The SMILES string of the molecule is NC1=NC(c2ccccc2)(c2ccccc2)C(=O)N1CCCCNC(=O)[C@@H](N)Cc1ccccc1. The number of rotatable bonds is 10. The fourth-order valence-electron chi connectivity index (χ4n) is 4.40. The topological polar surface area (TPSA) is 114 Å². The van der Waals surface area contributed by atoms with Crippen LogP contribution < -0.4 is 16.8 Å². The Morgan fingerprint density at radius 1 is 0.886 bits per heavy atom. The number of nitrogens with two attached hydrogens (primary N) is 2. The number of nitrogens with one attached hydrogen (secondary N) is 1. The third-order valence-electron chi connectivity index (χ3n) is 6.24. The van der Waals surface area contributed by atoms with E-state index >= 15 is 0 Å². The zero-order valence-corrected chi connectivity index (χ0v) is 19.6. The van der Waals surface area contributed by atoms with Crippen LogP contribution in [-0.4, -0.2) is 41.8 Å². The van der Waals surface area contributed by atoms with Gasteiger partial charge in [0.25, 0.3) is 5.91 Å². The number of hydrogen-bond donors (Lipinski definition) is 3. The Balaban J connectivity index is 1.34.